The van der Waals surface area contributed by atoms with Crippen molar-refractivity contribution in [1.29, 1.82) is 0 Å². The van der Waals surface area contributed by atoms with Crippen molar-refractivity contribution >= 4 is 17.7 Å². The summed E-state index contributed by atoms with van der Waals surface area (Å²) in [6, 6.07) is 0.217. The molecule has 0 amide bonds. The number of carboxylic acids is 1. The van der Waals surface area contributed by atoms with Crippen LogP contribution in [-0.4, -0.2) is 28.6 Å². The van der Waals surface area contributed by atoms with E-state index in [0.717, 1.165) is 30.8 Å². The van der Waals surface area contributed by atoms with Gasteiger partial charge in [-0.2, -0.15) is 11.8 Å². The molecule has 2 unspecified atom stereocenters. The van der Waals surface area contributed by atoms with Crippen LogP contribution in [0.5, 0.6) is 0 Å². The predicted octanol–water partition coefficient (Wildman–Crippen LogP) is 1.32. The van der Waals surface area contributed by atoms with Gasteiger partial charge in [-0.25, -0.2) is 0 Å². The number of rotatable bonds is 3. The molecule has 4 heteroatoms. The van der Waals surface area contributed by atoms with E-state index in [1.807, 2.05) is 11.8 Å². The SMILES string of the molecule is NC1CCSCCC1CCC(=O)O. The average Bonchev–Trinajstić information content (AvgIpc) is 2.27. The molecule has 0 bridgehead atoms. The maximum absolute atomic E-state index is 10.4. The lowest BCUT2D eigenvalue weighted by molar-refractivity contribution is -0.137. The van der Waals surface area contributed by atoms with E-state index in [4.69, 9.17) is 10.8 Å². The molecule has 0 saturated carbocycles. The quantitative estimate of drug-likeness (QED) is 0.726. The number of carbonyl (C=O) groups is 1. The van der Waals surface area contributed by atoms with Gasteiger partial charge < -0.3 is 10.8 Å². The molecule has 1 aliphatic rings. The lowest BCUT2D eigenvalue weighted by Crippen LogP contribution is -2.30. The van der Waals surface area contributed by atoms with Crippen LogP contribution in [0.3, 0.4) is 0 Å². The van der Waals surface area contributed by atoms with Crippen molar-refractivity contribution in [3.8, 4) is 0 Å². The van der Waals surface area contributed by atoms with Gasteiger partial charge in [-0.15, -0.1) is 0 Å². The summed E-state index contributed by atoms with van der Waals surface area (Å²) in [5, 5.41) is 8.55. The number of aliphatic carboxylic acids is 1. The molecule has 0 aliphatic carbocycles. The van der Waals surface area contributed by atoms with Gasteiger partial charge in [-0.05, 0) is 36.7 Å². The Hall–Kier alpha value is -0.220. The van der Waals surface area contributed by atoms with E-state index >= 15 is 0 Å². The van der Waals surface area contributed by atoms with Crippen molar-refractivity contribution in [1.82, 2.24) is 0 Å². The van der Waals surface area contributed by atoms with Crippen molar-refractivity contribution in [3.63, 3.8) is 0 Å². The average molecular weight is 203 g/mol. The molecule has 0 aromatic rings. The van der Waals surface area contributed by atoms with E-state index < -0.39 is 5.97 Å². The number of hydrogen-bond acceptors (Lipinski definition) is 3. The predicted molar refractivity (Wildman–Crippen MR) is 54.9 cm³/mol. The summed E-state index contributed by atoms with van der Waals surface area (Å²) in [6.45, 7) is 0. The highest BCUT2D eigenvalue weighted by atomic mass is 32.2. The molecular weight excluding hydrogens is 186 g/mol. The van der Waals surface area contributed by atoms with E-state index in [9.17, 15) is 4.79 Å². The standard InChI is InChI=1S/C9H17NO2S/c10-8-4-6-13-5-3-7(8)1-2-9(11)12/h7-8H,1-6,10H2,(H,11,12). The van der Waals surface area contributed by atoms with Gasteiger partial charge in [0.2, 0.25) is 0 Å². The van der Waals surface area contributed by atoms with E-state index in [1.165, 1.54) is 0 Å². The van der Waals surface area contributed by atoms with Crippen molar-refractivity contribution in [3.05, 3.63) is 0 Å². The highest BCUT2D eigenvalue weighted by Gasteiger charge is 2.20. The molecule has 0 radical (unpaired) electrons. The zero-order valence-corrected chi connectivity index (χ0v) is 8.55. The zero-order valence-electron chi connectivity index (χ0n) is 7.74. The van der Waals surface area contributed by atoms with Gasteiger partial charge in [-0.1, -0.05) is 0 Å². The van der Waals surface area contributed by atoms with Gasteiger partial charge in [0.25, 0.3) is 0 Å². The fourth-order valence-electron chi connectivity index (χ4n) is 1.67. The monoisotopic (exact) mass is 203 g/mol. The van der Waals surface area contributed by atoms with Crippen LogP contribution in [-0.2, 0) is 4.79 Å². The van der Waals surface area contributed by atoms with Gasteiger partial charge in [0.1, 0.15) is 0 Å². The number of nitrogens with two attached hydrogens (primary N) is 1. The van der Waals surface area contributed by atoms with Gasteiger partial charge in [0.15, 0.2) is 0 Å². The first-order valence-corrected chi connectivity index (χ1v) is 5.90. The summed E-state index contributed by atoms with van der Waals surface area (Å²) < 4.78 is 0. The lowest BCUT2D eigenvalue weighted by atomic mass is 9.91. The molecule has 3 nitrogen and oxygen atoms in total. The van der Waals surface area contributed by atoms with Crippen LogP contribution in [0.1, 0.15) is 25.7 Å². The Balaban J connectivity index is 2.31. The Bertz CT molecular complexity index is 175. The number of carboxylic acid groups (broad SMARTS) is 1. The van der Waals surface area contributed by atoms with Crippen molar-refractivity contribution in [2.45, 2.75) is 31.7 Å². The van der Waals surface area contributed by atoms with Crippen molar-refractivity contribution < 1.29 is 9.90 Å². The molecule has 13 heavy (non-hydrogen) atoms. The van der Waals surface area contributed by atoms with Gasteiger partial charge in [0, 0.05) is 12.5 Å². The summed E-state index contributed by atoms with van der Waals surface area (Å²) in [7, 11) is 0. The largest absolute Gasteiger partial charge is 0.481 e. The second kappa shape index (κ2) is 5.50. The van der Waals surface area contributed by atoms with Crippen LogP contribution >= 0.6 is 11.8 Å². The summed E-state index contributed by atoms with van der Waals surface area (Å²) >= 11 is 1.93. The molecular formula is C9H17NO2S. The van der Waals surface area contributed by atoms with E-state index in [-0.39, 0.29) is 12.5 Å². The van der Waals surface area contributed by atoms with Crippen molar-refractivity contribution in [2.75, 3.05) is 11.5 Å². The van der Waals surface area contributed by atoms with E-state index in [0.29, 0.717) is 5.92 Å². The first-order valence-electron chi connectivity index (χ1n) is 4.75. The normalized spacial score (nSPS) is 29.6. The Labute approximate surface area is 83.1 Å². The highest BCUT2D eigenvalue weighted by molar-refractivity contribution is 7.99. The molecule has 1 fully saturated rings. The van der Waals surface area contributed by atoms with Gasteiger partial charge in [-0.3, -0.25) is 4.79 Å². The summed E-state index contributed by atoms with van der Waals surface area (Å²) in [5.74, 6) is 1.98. The summed E-state index contributed by atoms with van der Waals surface area (Å²) in [4.78, 5) is 10.4. The fraction of sp³-hybridized carbons (Fsp3) is 0.889. The maximum atomic E-state index is 10.4. The summed E-state index contributed by atoms with van der Waals surface area (Å²) in [6.07, 6.45) is 3.13. The van der Waals surface area contributed by atoms with E-state index in [1.54, 1.807) is 0 Å². The Morgan fingerprint density at radius 3 is 2.85 bits per heavy atom. The Kier molecular flexibility index (Phi) is 4.59. The third-order valence-corrected chi connectivity index (χ3v) is 3.61. The third kappa shape index (κ3) is 4.00. The van der Waals surface area contributed by atoms with E-state index in [2.05, 4.69) is 0 Å². The molecule has 1 rings (SSSR count). The highest BCUT2D eigenvalue weighted by Crippen LogP contribution is 2.24. The fourth-order valence-corrected chi connectivity index (χ4v) is 2.79. The van der Waals surface area contributed by atoms with Gasteiger partial charge >= 0.3 is 5.97 Å². The molecule has 1 saturated heterocycles. The molecule has 0 spiro atoms. The molecule has 2 atom stereocenters. The second-order valence-electron chi connectivity index (χ2n) is 3.55. The maximum Gasteiger partial charge on any atom is 0.303 e. The van der Waals surface area contributed by atoms with Crippen LogP contribution in [0, 0.1) is 5.92 Å². The second-order valence-corrected chi connectivity index (χ2v) is 4.77. The Morgan fingerprint density at radius 2 is 2.15 bits per heavy atom. The minimum Gasteiger partial charge on any atom is -0.481 e. The molecule has 0 aromatic heterocycles. The molecule has 3 N–H and O–H groups in total. The molecule has 0 aromatic carbocycles. The smallest absolute Gasteiger partial charge is 0.303 e. The van der Waals surface area contributed by atoms with Crippen LogP contribution < -0.4 is 5.73 Å². The summed E-state index contributed by atoms with van der Waals surface area (Å²) in [5.41, 5.74) is 5.96. The minimum atomic E-state index is -0.705. The van der Waals surface area contributed by atoms with Crippen LogP contribution in [0.15, 0.2) is 0 Å². The topological polar surface area (TPSA) is 63.3 Å². The first-order chi connectivity index (χ1) is 6.20. The first kappa shape index (κ1) is 10.9. The Morgan fingerprint density at radius 1 is 1.46 bits per heavy atom. The molecule has 76 valence electrons. The molecule has 1 heterocycles. The van der Waals surface area contributed by atoms with Gasteiger partial charge in [0.05, 0.1) is 0 Å². The minimum absolute atomic E-state index is 0.217. The number of thioether (sulfide) groups is 1. The van der Waals surface area contributed by atoms with Crippen LogP contribution in [0.2, 0.25) is 0 Å². The number of hydrogen-bond donors (Lipinski definition) is 2. The van der Waals surface area contributed by atoms with Crippen molar-refractivity contribution in [2.24, 2.45) is 11.7 Å². The lowest BCUT2D eigenvalue weighted by Gasteiger charge is -2.19. The molecule has 1 aliphatic heterocycles. The van der Waals surface area contributed by atoms with Crippen LogP contribution in [0.4, 0.5) is 0 Å². The van der Waals surface area contributed by atoms with Crippen LogP contribution in [0.25, 0.3) is 0 Å². The zero-order chi connectivity index (χ0) is 9.68. The third-order valence-electron chi connectivity index (χ3n) is 2.56.